The smallest absolute Gasteiger partial charge is 0.257 e. The number of benzene rings is 2. The van der Waals surface area contributed by atoms with Crippen LogP contribution in [0.3, 0.4) is 0 Å². The van der Waals surface area contributed by atoms with Gasteiger partial charge in [0.15, 0.2) is 5.11 Å². The van der Waals surface area contributed by atoms with E-state index in [-0.39, 0.29) is 11.0 Å². The van der Waals surface area contributed by atoms with E-state index in [0.717, 1.165) is 31.9 Å². The Morgan fingerprint density at radius 2 is 1.77 bits per heavy atom. The third-order valence-corrected chi connectivity index (χ3v) is 4.75. The maximum atomic E-state index is 12.2. The Labute approximate surface area is 163 Å². The second-order valence-corrected chi connectivity index (χ2v) is 7.10. The van der Waals surface area contributed by atoms with Crippen LogP contribution < -0.4 is 15.5 Å². The molecule has 1 amide bonds. The first-order valence-corrected chi connectivity index (χ1v) is 9.21. The lowest BCUT2D eigenvalue weighted by molar-refractivity contribution is 0.0977. The molecular formula is C19H21ClN4OS. The van der Waals surface area contributed by atoms with Gasteiger partial charge in [0.2, 0.25) is 0 Å². The maximum Gasteiger partial charge on any atom is 0.257 e. The van der Waals surface area contributed by atoms with Crippen LogP contribution in [0.4, 0.5) is 11.4 Å². The SMILES string of the molecule is CN1CCN(c2ccc(NC(=S)NC(=O)c3cccc(Cl)c3)cc2)CC1. The van der Waals surface area contributed by atoms with Gasteiger partial charge in [0.1, 0.15) is 0 Å². The topological polar surface area (TPSA) is 47.6 Å². The van der Waals surface area contributed by atoms with Crippen LogP contribution in [0.25, 0.3) is 0 Å². The molecule has 2 aromatic carbocycles. The van der Waals surface area contributed by atoms with Crippen molar-refractivity contribution < 1.29 is 4.79 Å². The molecule has 7 heteroatoms. The summed E-state index contributed by atoms with van der Waals surface area (Å²) in [6.07, 6.45) is 0. The molecule has 0 aliphatic carbocycles. The number of carbonyl (C=O) groups excluding carboxylic acids is 1. The Balaban J connectivity index is 1.55. The Bertz CT molecular complexity index is 788. The first-order chi connectivity index (χ1) is 12.5. The fraction of sp³-hybridized carbons (Fsp3) is 0.263. The van der Waals surface area contributed by atoms with Crippen molar-refractivity contribution in [3.63, 3.8) is 0 Å². The number of hydrogen-bond donors (Lipinski definition) is 2. The second-order valence-electron chi connectivity index (χ2n) is 6.26. The zero-order chi connectivity index (χ0) is 18.5. The second kappa shape index (κ2) is 8.49. The van der Waals surface area contributed by atoms with Gasteiger partial charge < -0.3 is 15.1 Å². The monoisotopic (exact) mass is 388 g/mol. The number of likely N-dealkylation sites (N-methyl/N-ethyl adjacent to an activating group) is 1. The van der Waals surface area contributed by atoms with E-state index in [1.54, 1.807) is 24.3 Å². The summed E-state index contributed by atoms with van der Waals surface area (Å²) in [6, 6.07) is 14.8. The molecule has 136 valence electrons. The number of nitrogens with zero attached hydrogens (tertiary/aromatic N) is 2. The van der Waals surface area contributed by atoms with Gasteiger partial charge in [-0.1, -0.05) is 17.7 Å². The minimum atomic E-state index is -0.293. The van der Waals surface area contributed by atoms with Crippen molar-refractivity contribution in [1.82, 2.24) is 10.2 Å². The fourth-order valence-electron chi connectivity index (χ4n) is 2.79. The summed E-state index contributed by atoms with van der Waals surface area (Å²) in [6.45, 7) is 4.19. The van der Waals surface area contributed by atoms with E-state index in [2.05, 4.69) is 39.6 Å². The summed E-state index contributed by atoms with van der Waals surface area (Å²) in [4.78, 5) is 16.9. The maximum absolute atomic E-state index is 12.2. The molecular weight excluding hydrogens is 368 g/mol. The van der Waals surface area contributed by atoms with Crippen LogP contribution in [0.2, 0.25) is 5.02 Å². The predicted octanol–water partition coefficient (Wildman–Crippen LogP) is 3.22. The average molecular weight is 389 g/mol. The minimum absolute atomic E-state index is 0.252. The molecule has 1 fully saturated rings. The fourth-order valence-corrected chi connectivity index (χ4v) is 3.19. The Kier molecular flexibility index (Phi) is 6.08. The molecule has 5 nitrogen and oxygen atoms in total. The molecule has 0 saturated carbocycles. The van der Waals surface area contributed by atoms with E-state index in [1.807, 2.05) is 12.1 Å². The van der Waals surface area contributed by atoms with E-state index < -0.39 is 0 Å². The predicted molar refractivity (Wildman–Crippen MR) is 111 cm³/mol. The van der Waals surface area contributed by atoms with Gasteiger partial charge in [-0.05, 0) is 61.7 Å². The highest BCUT2D eigenvalue weighted by atomic mass is 35.5. The van der Waals surface area contributed by atoms with Gasteiger partial charge in [-0.2, -0.15) is 0 Å². The van der Waals surface area contributed by atoms with Crippen LogP contribution in [0.1, 0.15) is 10.4 Å². The molecule has 1 saturated heterocycles. The highest BCUT2D eigenvalue weighted by molar-refractivity contribution is 7.80. The molecule has 3 rings (SSSR count). The first-order valence-electron chi connectivity index (χ1n) is 8.43. The third kappa shape index (κ3) is 4.94. The summed E-state index contributed by atoms with van der Waals surface area (Å²) in [5, 5.41) is 6.46. The number of amides is 1. The van der Waals surface area contributed by atoms with Crippen LogP contribution >= 0.6 is 23.8 Å². The van der Waals surface area contributed by atoms with E-state index in [9.17, 15) is 4.79 Å². The zero-order valence-corrected chi connectivity index (χ0v) is 16.1. The number of thiocarbonyl (C=S) groups is 1. The number of hydrogen-bond acceptors (Lipinski definition) is 4. The average Bonchev–Trinajstić information content (AvgIpc) is 2.63. The van der Waals surface area contributed by atoms with Gasteiger partial charge in [-0.3, -0.25) is 10.1 Å². The van der Waals surface area contributed by atoms with Gasteiger partial charge in [0, 0.05) is 48.1 Å². The highest BCUT2D eigenvalue weighted by Crippen LogP contribution is 2.19. The van der Waals surface area contributed by atoms with Crippen molar-refractivity contribution in [2.75, 3.05) is 43.4 Å². The Morgan fingerprint density at radius 3 is 2.42 bits per heavy atom. The molecule has 0 bridgehead atoms. The van der Waals surface area contributed by atoms with Gasteiger partial charge in [0.05, 0.1) is 0 Å². The summed E-state index contributed by atoms with van der Waals surface area (Å²) < 4.78 is 0. The molecule has 2 N–H and O–H groups in total. The van der Waals surface area contributed by atoms with Crippen molar-refractivity contribution in [1.29, 1.82) is 0 Å². The molecule has 1 heterocycles. The third-order valence-electron chi connectivity index (χ3n) is 4.31. The molecule has 0 aromatic heterocycles. The molecule has 2 aromatic rings. The van der Waals surface area contributed by atoms with Gasteiger partial charge in [-0.25, -0.2) is 0 Å². The number of halogens is 1. The van der Waals surface area contributed by atoms with Crippen LogP contribution in [0.15, 0.2) is 48.5 Å². The minimum Gasteiger partial charge on any atom is -0.369 e. The van der Waals surface area contributed by atoms with Crippen LogP contribution in [-0.4, -0.2) is 49.1 Å². The normalized spacial score (nSPS) is 14.8. The number of piperazine rings is 1. The van der Waals surface area contributed by atoms with Crippen molar-refractivity contribution in [2.45, 2.75) is 0 Å². The Morgan fingerprint density at radius 1 is 1.08 bits per heavy atom. The largest absolute Gasteiger partial charge is 0.369 e. The standard InChI is InChI=1S/C19H21ClN4OS/c1-23-9-11-24(12-10-23)17-7-5-16(6-8-17)21-19(26)22-18(25)14-3-2-4-15(20)13-14/h2-8,13H,9-12H2,1H3,(H2,21,22,25,26). The molecule has 0 radical (unpaired) electrons. The molecule has 0 spiro atoms. The van der Waals surface area contributed by atoms with Crippen LogP contribution in [0.5, 0.6) is 0 Å². The molecule has 1 aliphatic rings. The van der Waals surface area contributed by atoms with E-state index in [1.165, 1.54) is 5.69 Å². The van der Waals surface area contributed by atoms with Crippen molar-refractivity contribution in [2.24, 2.45) is 0 Å². The number of anilines is 2. The Hall–Kier alpha value is -2.15. The van der Waals surface area contributed by atoms with Gasteiger partial charge >= 0.3 is 0 Å². The van der Waals surface area contributed by atoms with E-state index in [4.69, 9.17) is 23.8 Å². The summed E-state index contributed by atoms with van der Waals surface area (Å²) in [5.74, 6) is -0.293. The highest BCUT2D eigenvalue weighted by Gasteiger charge is 2.14. The molecule has 0 unspecified atom stereocenters. The van der Waals surface area contributed by atoms with Gasteiger partial charge in [0.25, 0.3) is 5.91 Å². The number of carbonyl (C=O) groups is 1. The van der Waals surface area contributed by atoms with Crippen LogP contribution in [-0.2, 0) is 0 Å². The summed E-state index contributed by atoms with van der Waals surface area (Å²) in [7, 11) is 2.14. The van der Waals surface area contributed by atoms with Crippen molar-refractivity contribution in [3.05, 3.63) is 59.1 Å². The lowest BCUT2D eigenvalue weighted by Crippen LogP contribution is -2.44. The number of rotatable bonds is 3. The van der Waals surface area contributed by atoms with Gasteiger partial charge in [-0.15, -0.1) is 0 Å². The van der Waals surface area contributed by atoms with E-state index in [0.29, 0.717) is 10.6 Å². The number of nitrogens with one attached hydrogen (secondary N) is 2. The lowest BCUT2D eigenvalue weighted by atomic mass is 10.2. The molecule has 26 heavy (non-hydrogen) atoms. The van der Waals surface area contributed by atoms with Crippen molar-refractivity contribution in [3.8, 4) is 0 Å². The summed E-state index contributed by atoms with van der Waals surface area (Å²) in [5.41, 5.74) is 2.49. The molecule has 0 atom stereocenters. The quantitative estimate of drug-likeness (QED) is 0.790. The summed E-state index contributed by atoms with van der Waals surface area (Å²) >= 11 is 11.1. The van der Waals surface area contributed by atoms with Crippen molar-refractivity contribution >= 4 is 46.2 Å². The van der Waals surface area contributed by atoms with E-state index >= 15 is 0 Å². The first kappa shape index (κ1) is 18.6. The molecule has 1 aliphatic heterocycles. The van der Waals surface area contributed by atoms with Crippen LogP contribution in [0, 0.1) is 0 Å². The zero-order valence-electron chi connectivity index (χ0n) is 14.5. The lowest BCUT2D eigenvalue weighted by Gasteiger charge is -2.34.